The summed E-state index contributed by atoms with van der Waals surface area (Å²) < 4.78 is 12.1. The molecule has 0 aliphatic heterocycles. The highest BCUT2D eigenvalue weighted by Crippen LogP contribution is 2.40. The van der Waals surface area contributed by atoms with Gasteiger partial charge in [-0.1, -0.05) is 12.8 Å². The van der Waals surface area contributed by atoms with E-state index in [1.54, 1.807) is 14.2 Å². The molecule has 0 unspecified atom stereocenters. The lowest BCUT2D eigenvalue weighted by atomic mass is 10.1. The zero-order valence-electron chi connectivity index (χ0n) is 13.0. The van der Waals surface area contributed by atoms with Crippen molar-refractivity contribution in [1.82, 2.24) is 5.32 Å². The molecule has 0 amide bonds. The number of ether oxygens (including phenoxy) is 2. The number of hydrogen-bond acceptors (Lipinski definition) is 4. The Morgan fingerprint density at radius 1 is 1.24 bits per heavy atom. The van der Waals surface area contributed by atoms with Gasteiger partial charge in [-0.05, 0) is 52.7 Å². The molecule has 0 radical (unpaired) electrons. The highest BCUT2D eigenvalue weighted by atomic mass is 79.9. The molecule has 1 aromatic carbocycles. The van der Waals surface area contributed by atoms with Gasteiger partial charge in [0.05, 0.1) is 18.7 Å². The molecule has 21 heavy (non-hydrogen) atoms. The molecule has 2 rings (SSSR count). The summed E-state index contributed by atoms with van der Waals surface area (Å²) in [5.74, 6) is 1.52. The summed E-state index contributed by atoms with van der Waals surface area (Å²) >= 11 is 5.56. The van der Waals surface area contributed by atoms with Gasteiger partial charge in [-0.15, -0.1) is 0 Å². The Labute approximate surface area is 140 Å². The largest absolute Gasteiger partial charge is 0.493 e. The quantitative estimate of drug-likeness (QED) is 0.774. The second-order valence-electron chi connectivity index (χ2n) is 5.51. The van der Waals surface area contributed by atoms with Gasteiger partial charge in [0.25, 0.3) is 0 Å². The van der Waals surface area contributed by atoms with Gasteiger partial charge in [0.1, 0.15) is 0 Å². The third kappa shape index (κ3) is 4.08. The van der Waals surface area contributed by atoms with Crippen LogP contribution in [-0.4, -0.2) is 31.8 Å². The zero-order chi connectivity index (χ0) is 15.3. The van der Waals surface area contributed by atoms with E-state index in [2.05, 4.69) is 33.6 Å². The summed E-state index contributed by atoms with van der Waals surface area (Å²) in [5.41, 5.74) is 1.20. The Morgan fingerprint density at radius 3 is 2.52 bits per heavy atom. The predicted molar refractivity (Wildman–Crippen MR) is 93.7 cm³/mol. The van der Waals surface area contributed by atoms with E-state index in [1.807, 2.05) is 17.8 Å². The van der Waals surface area contributed by atoms with Gasteiger partial charge in [0.2, 0.25) is 0 Å². The average Bonchev–Trinajstić information content (AvgIpc) is 2.96. The molecule has 1 aliphatic rings. The fourth-order valence-corrected chi connectivity index (χ4v) is 4.58. The predicted octanol–water partition coefficient (Wildman–Crippen LogP) is 4.23. The van der Waals surface area contributed by atoms with E-state index in [1.165, 1.54) is 31.2 Å². The number of methoxy groups -OCH3 is 2. The van der Waals surface area contributed by atoms with Crippen LogP contribution in [0, 0.1) is 0 Å². The summed E-state index contributed by atoms with van der Waals surface area (Å²) in [7, 11) is 3.33. The first kappa shape index (κ1) is 17.0. The van der Waals surface area contributed by atoms with Gasteiger partial charge in [-0.2, -0.15) is 11.8 Å². The van der Waals surface area contributed by atoms with Crippen LogP contribution >= 0.6 is 27.7 Å². The van der Waals surface area contributed by atoms with Gasteiger partial charge in [-0.3, -0.25) is 0 Å². The fourth-order valence-electron chi connectivity index (χ4n) is 2.98. The molecule has 0 spiro atoms. The summed E-state index contributed by atoms with van der Waals surface area (Å²) in [6.45, 7) is 1.92. The van der Waals surface area contributed by atoms with Gasteiger partial charge in [0.15, 0.2) is 11.5 Å². The Balaban J connectivity index is 1.98. The zero-order valence-corrected chi connectivity index (χ0v) is 15.4. The maximum absolute atomic E-state index is 5.39. The van der Waals surface area contributed by atoms with Crippen LogP contribution in [0.5, 0.6) is 11.5 Å². The molecular formula is C16H24BrNO2S. The number of halogens is 1. The van der Waals surface area contributed by atoms with Crippen LogP contribution in [0.1, 0.15) is 31.2 Å². The van der Waals surface area contributed by atoms with E-state index in [0.29, 0.717) is 4.75 Å². The number of thioether (sulfide) groups is 1. The third-order valence-corrected chi connectivity index (χ3v) is 6.23. The summed E-state index contributed by atoms with van der Waals surface area (Å²) in [4.78, 5) is 0. The third-order valence-electron chi connectivity index (χ3n) is 4.22. The Kier molecular flexibility index (Phi) is 6.26. The minimum absolute atomic E-state index is 0.438. The monoisotopic (exact) mass is 373 g/mol. The minimum atomic E-state index is 0.438. The molecule has 5 heteroatoms. The standard InChI is InChI=1S/C16H24BrNO2S/c1-19-14-9-12(8-13(17)15(14)20-2)10-18-11-16(21-3)6-4-5-7-16/h8-9,18H,4-7,10-11H2,1-3H3. The van der Waals surface area contributed by atoms with Crippen molar-refractivity contribution in [3.8, 4) is 11.5 Å². The van der Waals surface area contributed by atoms with Crippen molar-refractivity contribution in [2.45, 2.75) is 37.0 Å². The lowest BCUT2D eigenvalue weighted by Crippen LogP contribution is -2.34. The van der Waals surface area contributed by atoms with Crippen molar-refractivity contribution in [1.29, 1.82) is 0 Å². The lowest BCUT2D eigenvalue weighted by Gasteiger charge is -2.27. The highest BCUT2D eigenvalue weighted by Gasteiger charge is 2.32. The number of rotatable bonds is 7. The van der Waals surface area contributed by atoms with Crippen LogP contribution < -0.4 is 14.8 Å². The lowest BCUT2D eigenvalue weighted by molar-refractivity contribution is 0.352. The van der Waals surface area contributed by atoms with Crippen LogP contribution in [0.3, 0.4) is 0 Å². The topological polar surface area (TPSA) is 30.5 Å². The molecule has 1 aliphatic carbocycles. The van der Waals surface area contributed by atoms with Gasteiger partial charge in [0, 0.05) is 17.8 Å². The van der Waals surface area contributed by atoms with Crippen LogP contribution in [0.25, 0.3) is 0 Å². The normalized spacial score (nSPS) is 17.0. The van der Waals surface area contributed by atoms with E-state index in [9.17, 15) is 0 Å². The molecular weight excluding hydrogens is 350 g/mol. The van der Waals surface area contributed by atoms with E-state index in [0.717, 1.165) is 29.1 Å². The minimum Gasteiger partial charge on any atom is -0.493 e. The highest BCUT2D eigenvalue weighted by molar-refractivity contribution is 9.10. The van der Waals surface area contributed by atoms with E-state index < -0.39 is 0 Å². The number of benzene rings is 1. The molecule has 0 heterocycles. The molecule has 1 aromatic rings. The summed E-state index contributed by atoms with van der Waals surface area (Å²) in [6, 6.07) is 4.13. The van der Waals surface area contributed by atoms with Gasteiger partial charge in [-0.25, -0.2) is 0 Å². The van der Waals surface area contributed by atoms with Crippen LogP contribution in [0.2, 0.25) is 0 Å². The maximum Gasteiger partial charge on any atom is 0.174 e. The first-order chi connectivity index (χ1) is 10.1. The van der Waals surface area contributed by atoms with Crippen molar-refractivity contribution in [3.63, 3.8) is 0 Å². The Bertz CT molecular complexity index is 476. The molecule has 0 saturated heterocycles. The number of nitrogens with one attached hydrogen (secondary N) is 1. The second-order valence-corrected chi connectivity index (χ2v) is 7.64. The van der Waals surface area contributed by atoms with Crippen molar-refractivity contribution in [3.05, 3.63) is 22.2 Å². The molecule has 1 N–H and O–H groups in total. The van der Waals surface area contributed by atoms with Crippen molar-refractivity contribution in [2.24, 2.45) is 0 Å². The van der Waals surface area contributed by atoms with E-state index in [-0.39, 0.29) is 0 Å². The SMILES string of the molecule is COc1cc(CNCC2(SC)CCCC2)cc(Br)c1OC. The second kappa shape index (κ2) is 7.75. The Hall–Kier alpha value is -0.390. The molecule has 1 saturated carbocycles. The smallest absolute Gasteiger partial charge is 0.174 e. The summed E-state index contributed by atoms with van der Waals surface area (Å²) in [6.07, 6.45) is 7.63. The maximum atomic E-state index is 5.39. The molecule has 3 nitrogen and oxygen atoms in total. The summed E-state index contributed by atoms with van der Waals surface area (Å²) in [5, 5.41) is 3.61. The molecule has 118 valence electrons. The Morgan fingerprint density at radius 2 is 1.95 bits per heavy atom. The van der Waals surface area contributed by atoms with Crippen LogP contribution in [0.4, 0.5) is 0 Å². The first-order valence-corrected chi connectivity index (χ1v) is 9.32. The van der Waals surface area contributed by atoms with E-state index >= 15 is 0 Å². The fraction of sp³-hybridized carbons (Fsp3) is 0.625. The van der Waals surface area contributed by atoms with Crippen molar-refractivity contribution in [2.75, 3.05) is 27.0 Å². The van der Waals surface area contributed by atoms with E-state index in [4.69, 9.17) is 9.47 Å². The van der Waals surface area contributed by atoms with Crippen molar-refractivity contribution >= 4 is 27.7 Å². The van der Waals surface area contributed by atoms with Gasteiger partial charge < -0.3 is 14.8 Å². The van der Waals surface area contributed by atoms with Gasteiger partial charge >= 0.3 is 0 Å². The van der Waals surface area contributed by atoms with Crippen molar-refractivity contribution < 1.29 is 9.47 Å². The number of hydrogen-bond donors (Lipinski definition) is 1. The van der Waals surface area contributed by atoms with Crippen LogP contribution in [-0.2, 0) is 6.54 Å². The molecule has 0 atom stereocenters. The molecule has 0 aromatic heterocycles. The molecule has 0 bridgehead atoms. The average molecular weight is 374 g/mol. The molecule has 1 fully saturated rings. The first-order valence-electron chi connectivity index (χ1n) is 7.30. The van der Waals surface area contributed by atoms with Crippen LogP contribution in [0.15, 0.2) is 16.6 Å².